The van der Waals surface area contributed by atoms with Crippen molar-refractivity contribution in [2.24, 2.45) is 0 Å². The van der Waals surface area contributed by atoms with Gasteiger partial charge in [-0.2, -0.15) is 5.10 Å². The number of ether oxygens (including phenoxy) is 1. The monoisotopic (exact) mass is 512 g/mol. The fourth-order valence-electron chi connectivity index (χ4n) is 4.48. The third-order valence-corrected chi connectivity index (χ3v) is 6.55. The quantitative estimate of drug-likeness (QED) is 0.130. The summed E-state index contributed by atoms with van der Waals surface area (Å²) in [6.07, 6.45) is 6.72. The number of aromatic nitrogens is 2. The van der Waals surface area contributed by atoms with Gasteiger partial charge in [-0.25, -0.2) is 0 Å². The van der Waals surface area contributed by atoms with Gasteiger partial charge in [-0.15, -0.1) is 0 Å². The Morgan fingerprint density at radius 3 is 2.41 bits per heavy atom. The maximum Gasteiger partial charge on any atom is 0.119 e. The molecule has 0 bridgehead atoms. The first-order chi connectivity index (χ1) is 18.9. The summed E-state index contributed by atoms with van der Waals surface area (Å²) < 4.78 is 5.99. The van der Waals surface area contributed by atoms with Gasteiger partial charge in [0.05, 0.1) is 11.7 Å². The van der Waals surface area contributed by atoms with Crippen molar-refractivity contribution >= 4 is 48.7 Å². The fourth-order valence-corrected chi connectivity index (χ4v) is 4.48. The lowest BCUT2D eigenvalue weighted by atomic mass is 9.81. The minimum Gasteiger partial charge on any atom is -0.492 e. The minimum atomic E-state index is 0.574. The second-order valence-electron chi connectivity index (χ2n) is 9.63. The van der Waals surface area contributed by atoms with Gasteiger partial charge in [0.1, 0.15) is 28.0 Å². The van der Waals surface area contributed by atoms with Crippen LogP contribution in [-0.4, -0.2) is 64.6 Å². The van der Waals surface area contributed by atoms with Crippen molar-refractivity contribution in [3.05, 3.63) is 108 Å². The Balaban J connectivity index is 1.55. The molecule has 0 aliphatic carbocycles. The van der Waals surface area contributed by atoms with Gasteiger partial charge in [0.2, 0.25) is 0 Å². The summed E-state index contributed by atoms with van der Waals surface area (Å²) in [4.78, 5) is 1.98. The Morgan fingerprint density at radius 1 is 1.00 bits per heavy atom. The Morgan fingerprint density at radius 2 is 1.72 bits per heavy atom. The molecule has 0 aliphatic heterocycles. The van der Waals surface area contributed by atoms with Crippen LogP contribution in [0.2, 0.25) is 0 Å². The van der Waals surface area contributed by atoms with Crippen LogP contribution < -0.4 is 21.0 Å². The van der Waals surface area contributed by atoms with Crippen LogP contribution in [0, 0.1) is 0 Å². The first kappa shape index (κ1) is 28.1. The van der Waals surface area contributed by atoms with Crippen molar-refractivity contribution in [2.45, 2.75) is 13.3 Å². The minimum absolute atomic E-state index is 0.574. The summed E-state index contributed by atoms with van der Waals surface area (Å²) in [7, 11) is 16.3. The van der Waals surface area contributed by atoms with Crippen molar-refractivity contribution < 1.29 is 4.74 Å². The van der Waals surface area contributed by atoms with Gasteiger partial charge in [0.25, 0.3) is 0 Å². The number of hydrogen-bond acceptors (Lipinski definition) is 4. The zero-order valence-electron chi connectivity index (χ0n) is 23.0. The van der Waals surface area contributed by atoms with E-state index in [9.17, 15) is 0 Å². The lowest BCUT2D eigenvalue weighted by Crippen LogP contribution is -2.21. The van der Waals surface area contributed by atoms with Gasteiger partial charge in [-0.05, 0) is 64.6 Å². The van der Waals surface area contributed by atoms with E-state index in [-0.39, 0.29) is 0 Å². The van der Waals surface area contributed by atoms with Crippen LogP contribution in [0.4, 0.5) is 0 Å². The Kier molecular flexibility index (Phi) is 9.50. The SMILES string of the molecule is [B]c1cc([B])cc(/C(CC)=C(\c2ccc(OCCNC/C=C/C(=C)N(C)C)cc2)c2ccc3[nH]ncc3c2)c1. The normalized spacial score (nSPS) is 12.1. The highest BCUT2D eigenvalue weighted by Gasteiger charge is 2.15. The maximum absolute atomic E-state index is 6.17. The second-order valence-corrected chi connectivity index (χ2v) is 9.63. The highest BCUT2D eigenvalue weighted by molar-refractivity contribution is 6.38. The van der Waals surface area contributed by atoms with E-state index >= 15 is 0 Å². The van der Waals surface area contributed by atoms with E-state index in [2.05, 4.69) is 65.4 Å². The molecule has 4 rings (SSSR count). The number of rotatable bonds is 12. The van der Waals surface area contributed by atoms with Crippen LogP contribution in [0.5, 0.6) is 5.75 Å². The summed E-state index contributed by atoms with van der Waals surface area (Å²) in [5.74, 6) is 0.827. The molecule has 1 heterocycles. The van der Waals surface area contributed by atoms with Gasteiger partial charge in [-0.3, -0.25) is 5.10 Å². The van der Waals surface area contributed by atoms with Crippen LogP contribution in [0.25, 0.3) is 22.0 Å². The zero-order chi connectivity index (χ0) is 27.8. The highest BCUT2D eigenvalue weighted by atomic mass is 16.5. The van der Waals surface area contributed by atoms with Crippen molar-refractivity contribution in [1.82, 2.24) is 20.4 Å². The standard InChI is InChI=1S/C32H34B2N4O/c1-5-30(25-18-27(33)20-28(34)19-25)32(24-10-13-31-26(17-24)21-36-37-31)23-8-11-29(12-9-23)39-16-15-35-14-6-7-22(2)38(3)4/h6-13,17-21,35H,2,5,14-16H2,1,3-4H3,(H,36,37)/b7-6+,32-30+. The predicted octanol–water partition coefficient (Wildman–Crippen LogP) is 4.12. The molecule has 39 heavy (non-hydrogen) atoms. The number of nitrogens with one attached hydrogen (secondary N) is 2. The molecule has 0 aliphatic rings. The molecule has 5 nitrogen and oxygen atoms in total. The highest BCUT2D eigenvalue weighted by Crippen LogP contribution is 2.35. The van der Waals surface area contributed by atoms with Crippen LogP contribution in [-0.2, 0) is 0 Å². The maximum atomic E-state index is 6.17. The Hall–Kier alpha value is -3.96. The number of H-pyrrole nitrogens is 1. The molecule has 2 N–H and O–H groups in total. The molecule has 0 atom stereocenters. The number of likely N-dealkylation sites (N-methyl/N-ethyl adjacent to an activating group) is 1. The van der Waals surface area contributed by atoms with Gasteiger partial charge < -0.3 is 15.0 Å². The number of fused-ring (bicyclic) bond motifs is 1. The fraction of sp³-hybridized carbons (Fsp3) is 0.219. The predicted molar refractivity (Wildman–Crippen MR) is 166 cm³/mol. The van der Waals surface area contributed by atoms with Gasteiger partial charge >= 0.3 is 0 Å². The van der Waals surface area contributed by atoms with Crippen LogP contribution in [0.15, 0.2) is 91.3 Å². The zero-order valence-corrected chi connectivity index (χ0v) is 23.0. The first-order valence-electron chi connectivity index (χ1n) is 13.2. The number of benzene rings is 3. The summed E-state index contributed by atoms with van der Waals surface area (Å²) in [6, 6.07) is 20.4. The van der Waals surface area contributed by atoms with Crippen LogP contribution in [0.3, 0.4) is 0 Å². The molecule has 7 heteroatoms. The van der Waals surface area contributed by atoms with E-state index in [1.165, 1.54) is 5.57 Å². The molecule has 4 aromatic rings. The van der Waals surface area contributed by atoms with Crippen molar-refractivity contribution in [3.8, 4) is 5.75 Å². The third-order valence-electron chi connectivity index (χ3n) is 6.55. The number of hydrogen-bond donors (Lipinski definition) is 2. The first-order valence-corrected chi connectivity index (χ1v) is 13.2. The van der Waals surface area contributed by atoms with E-state index < -0.39 is 0 Å². The van der Waals surface area contributed by atoms with E-state index in [1.54, 1.807) is 6.07 Å². The van der Waals surface area contributed by atoms with Crippen molar-refractivity contribution in [2.75, 3.05) is 33.8 Å². The average molecular weight is 512 g/mol. The summed E-state index contributed by atoms with van der Waals surface area (Å²) in [6.45, 7) is 8.22. The average Bonchev–Trinajstić information content (AvgIpc) is 3.39. The molecular weight excluding hydrogens is 478 g/mol. The largest absolute Gasteiger partial charge is 0.492 e. The van der Waals surface area contributed by atoms with Gasteiger partial charge in [-0.1, -0.05) is 66.9 Å². The van der Waals surface area contributed by atoms with E-state index in [0.29, 0.717) is 17.5 Å². The summed E-state index contributed by atoms with van der Waals surface area (Å²) in [5, 5.41) is 11.6. The van der Waals surface area contributed by atoms with E-state index in [1.807, 2.05) is 55.5 Å². The molecule has 4 radical (unpaired) electrons. The smallest absolute Gasteiger partial charge is 0.119 e. The Labute approximate surface area is 234 Å². The van der Waals surface area contributed by atoms with Crippen molar-refractivity contribution in [3.63, 3.8) is 0 Å². The topological polar surface area (TPSA) is 53.2 Å². The second kappa shape index (κ2) is 13.2. The molecule has 194 valence electrons. The molecule has 0 unspecified atom stereocenters. The molecule has 0 saturated heterocycles. The van der Waals surface area contributed by atoms with Gasteiger partial charge in [0.15, 0.2) is 0 Å². The van der Waals surface area contributed by atoms with Gasteiger partial charge in [0, 0.05) is 38.3 Å². The third kappa shape index (κ3) is 7.33. The number of nitrogens with zero attached hydrogens (tertiary/aromatic N) is 2. The van der Waals surface area contributed by atoms with Crippen LogP contribution >= 0.6 is 0 Å². The molecule has 3 aromatic carbocycles. The molecule has 1 aromatic heterocycles. The lowest BCUT2D eigenvalue weighted by molar-refractivity contribution is 0.316. The number of aromatic amines is 1. The molecule has 0 saturated carbocycles. The van der Waals surface area contributed by atoms with Crippen molar-refractivity contribution in [1.29, 1.82) is 0 Å². The summed E-state index contributed by atoms with van der Waals surface area (Å²) >= 11 is 0. The molecule has 0 fully saturated rings. The summed E-state index contributed by atoms with van der Waals surface area (Å²) in [5.41, 5.74) is 8.78. The molecular formula is C32H34B2N4O. The molecule has 0 spiro atoms. The Bertz CT molecular complexity index is 1470. The van der Waals surface area contributed by atoms with Crippen LogP contribution in [0.1, 0.15) is 30.0 Å². The number of allylic oxidation sites excluding steroid dienone is 2. The van der Waals surface area contributed by atoms with E-state index in [4.69, 9.17) is 20.4 Å². The van der Waals surface area contributed by atoms with E-state index in [0.717, 1.165) is 64.1 Å². The molecule has 0 amide bonds. The lowest BCUT2D eigenvalue weighted by Gasteiger charge is -2.18.